The average Bonchev–Trinajstić information content (AvgIpc) is 2.22. The Morgan fingerprint density at radius 3 is 3.00 bits per heavy atom. The Hall–Kier alpha value is -1.68. The second-order valence-corrected chi connectivity index (χ2v) is 3.55. The molecule has 78 valence electrons. The first-order valence-electron chi connectivity index (χ1n) is 4.83. The van der Waals surface area contributed by atoms with Gasteiger partial charge >= 0.3 is 0 Å². The first kappa shape index (κ1) is 9.86. The highest BCUT2D eigenvalue weighted by Crippen LogP contribution is 2.08. The van der Waals surface area contributed by atoms with Crippen molar-refractivity contribution in [1.82, 2.24) is 14.9 Å². The largest absolute Gasteiger partial charge is 0.303 e. The summed E-state index contributed by atoms with van der Waals surface area (Å²) in [5.41, 5.74) is 1.86. The highest BCUT2D eigenvalue weighted by molar-refractivity contribution is 5.77. The van der Waals surface area contributed by atoms with Crippen LogP contribution in [0.5, 0.6) is 0 Å². The third-order valence-electron chi connectivity index (χ3n) is 2.31. The molecule has 0 aliphatic carbocycles. The maximum Gasteiger partial charge on any atom is 0.262 e. The normalized spacial score (nSPS) is 10.8. The number of aromatic nitrogens is 2. The highest BCUT2D eigenvalue weighted by atomic mass is 16.1. The lowest BCUT2D eigenvalue weighted by molar-refractivity contribution is 0.593. The molecule has 1 heterocycles. The minimum Gasteiger partial charge on any atom is -0.303 e. The predicted molar refractivity (Wildman–Crippen MR) is 59.8 cm³/mol. The van der Waals surface area contributed by atoms with Crippen molar-refractivity contribution in [2.75, 3.05) is 7.05 Å². The number of fused-ring (bicyclic) bond motifs is 1. The molecular weight excluding hydrogens is 190 g/mol. The van der Waals surface area contributed by atoms with Crippen molar-refractivity contribution in [3.05, 3.63) is 40.4 Å². The third-order valence-corrected chi connectivity index (χ3v) is 2.31. The van der Waals surface area contributed by atoms with Crippen molar-refractivity contribution in [2.24, 2.45) is 0 Å². The Morgan fingerprint density at radius 1 is 1.47 bits per heavy atom. The Bertz CT molecular complexity index is 545. The van der Waals surface area contributed by atoms with E-state index in [1.807, 2.05) is 25.1 Å². The molecule has 0 atom stereocenters. The molecule has 1 aromatic heterocycles. The molecule has 0 aliphatic heterocycles. The van der Waals surface area contributed by atoms with Gasteiger partial charge in [-0.05, 0) is 31.7 Å². The van der Waals surface area contributed by atoms with Gasteiger partial charge in [0.25, 0.3) is 5.56 Å². The van der Waals surface area contributed by atoms with E-state index in [0.29, 0.717) is 12.1 Å². The molecule has 0 unspecified atom stereocenters. The van der Waals surface area contributed by atoms with Crippen molar-refractivity contribution in [3.63, 3.8) is 0 Å². The van der Waals surface area contributed by atoms with Gasteiger partial charge < -0.3 is 5.32 Å². The van der Waals surface area contributed by atoms with E-state index >= 15 is 0 Å². The molecular formula is C11H13N3O. The second-order valence-electron chi connectivity index (χ2n) is 3.55. The first-order valence-corrected chi connectivity index (χ1v) is 4.83. The van der Waals surface area contributed by atoms with Crippen molar-refractivity contribution in [2.45, 2.75) is 13.6 Å². The number of hydrogen-bond acceptors (Lipinski definition) is 3. The van der Waals surface area contributed by atoms with Gasteiger partial charge in [-0.1, -0.05) is 6.07 Å². The van der Waals surface area contributed by atoms with Crippen LogP contribution in [-0.4, -0.2) is 16.6 Å². The topological polar surface area (TPSA) is 46.9 Å². The SMILES string of the molecule is CNCn1cnc2cc(C)ccc2c1=O. The quantitative estimate of drug-likeness (QED) is 0.788. The summed E-state index contributed by atoms with van der Waals surface area (Å²) in [6, 6.07) is 5.67. The molecule has 0 amide bonds. The average molecular weight is 203 g/mol. The minimum atomic E-state index is -0.00523. The summed E-state index contributed by atoms with van der Waals surface area (Å²) in [6.45, 7) is 2.47. The van der Waals surface area contributed by atoms with E-state index in [1.54, 1.807) is 17.9 Å². The fourth-order valence-electron chi connectivity index (χ4n) is 1.55. The molecule has 2 aromatic rings. The van der Waals surface area contributed by atoms with Crippen LogP contribution in [0.2, 0.25) is 0 Å². The number of nitrogens with zero attached hydrogens (tertiary/aromatic N) is 2. The van der Waals surface area contributed by atoms with Crippen LogP contribution in [0.25, 0.3) is 10.9 Å². The molecule has 1 N–H and O–H groups in total. The minimum absolute atomic E-state index is 0.00523. The van der Waals surface area contributed by atoms with Gasteiger partial charge in [0.05, 0.1) is 23.9 Å². The molecule has 1 aromatic carbocycles. The van der Waals surface area contributed by atoms with Crippen LogP contribution in [0, 0.1) is 6.92 Å². The Kier molecular flexibility index (Phi) is 2.51. The van der Waals surface area contributed by atoms with Crippen molar-refractivity contribution < 1.29 is 0 Å². The Morgan fingerprint density at radius 2 is 2.27 bits per heavy atom. The van der Waals surface area contributed by atoms with E-state index in [4.69, 9.17) is 0 Å². The smallest absolute Gasteiger partial charge is 0.262 e. The molecule has 0 aliphatic rings. The summed E-state index contributed by atoms with van der Waals surface area (Å²) in [5.74, 6) is 0. The summed E-state index contributed by atoms with van der Waals surface area (Å²) < 4.78 is 1.55. The molecule has 0 spiro atoms. The maximum atomic E-state index is 11.9. The van der Waals surface area contributed by atoms with Gasteiger partial charge in [0.2, 0.25) is 0 Å². The molecule has 0 bridgehead atoms. The van der Waals surface area contributed by atoms with Crippen LogP contribution >= 0.6 is 0 Å². The summed E-state index contributed by atoms with van der Waals surface area (Å²) in [4.78, 5) is 16.2. The van der Waals surface area contributed by atoms with Crippen molar-refractivity contribution in [3.8, 4) is 0 Å². The van der Waals surface area contributed by atoms with Gasteiger partial charge in [0.1, 0.15) is 0 Å². The van der Waals surface area contributed by atoms with E-state index < -0.39 is 0 Å². The standard InChI is InChI=1S/C11H13N3O/c1-8-3-4-9-10(5-8)13-7-14(6-12-2)11(9)15/h3-5,7,12H,6H2,1-2H3. The number of hydrogen-bond donors (Lipinski definition) is 1. The number of aryl methyl sites for hydroxylation is 1. The monoisotopic (exact) mass is 203 g/mol. The lowest BCUT2D eigenvalue weighted by Gasteiger charge is -2.05. The van der Waals surface area contributed by atoms with E-state index in [0.717, 1.165) is 11.1 Å². The fraction of sp³-hybridized carbons (Fsp3) is 0.273. The van der Waals surface area contributed by atoms with Crippen LogP contribution in [0.3, 0.4) is 0 Å². The summed E-state index contributed by atoms with van der Waals surface area (Å²) in [7, 11) is 1.80. The number of nitrogens with one attached hydrogen (secondary N) is 1. The van der Waals surface area contributed by atoms with Crippen LogP contribution in [0.4, 0.5) is 0 Å². The maximum absolute atomic E-state index is 11.9. The van der Waals surface area contributed by atoms with Gasteiger partial charge in [0, 0.05) is 0 Å². The number of benzene rings is 1. The second kappa shape index (κ2) is 3.82. The van der Waals surface area contributed by atoms with Gasteiger partial charge in [-0.3, -0.25) is 9.36 Å². The van der Waals surface area contributed by atoms with E-state index in [1.165, 1.54) is 0 Å². The van der Waals surface area contributed by atoms with Crippen molar-refractivity contribution >= 4 is 10.9 Å². The van der Waals surface area contributed by atoms with Crippen molar-refractivity contribution in [1.29, 1.82) is 0 Å². The third kappa shape index (κ3) is 1.76. The lowest BCUT2D eigenvalue weighted by Crippen LogP contribution is -2.26. The highest BCUT2D eigenvalue weighted by Gasteiger charge is 2.02. The number of rotatable bonds is 2. The van der Waals surface area contributed by atoms with Crippen LogP contribution < -0.4 is 10.9 Å². The summed E-state index contributed by atoms with van der Waals surface area (Å²) >= 11 is 0. The Balaban J connectivity index is 2.69. The Labute approximate surface area is 87.6 Å². The lowest BCUT2D eigenvalue weighted by atomic mass is 10.2. The fourth-order valence-corrected chi connectivity index (χ4v) is 1.55. The zero-order chi connectivity index (χ0) is 10.8. The molecule has 0 saturated carbocycles. The van der Waals surface area contributed by atoms with Crippen LogP contribution in [-0.2, 0) is 6.67 Å². The predicted octanol–water partition coefficient (Wildman–Crippen LogP) is 0.882. The summed E-state index contributed by atoms with van der Waals surface area (Å²) in [6.07, 6.45) is 1.57. The van der Waals surface area contributed by atoms with Gasteiger partial charge in [-0.15, -0.1) is 0 Å². The van der Waals surface area contributed by atoms with E-state index in [-0.39, 0.29) is 5.56 Å². The molecule has 4 nitrogen and oxygen atoms in total. The van der Waals surface area contributed by atoms with Gasteiger partial charge in [0.15, 0.2) is 0 Å². The van der Waals surface area contributed by atoms with Crippen LogP contribution in [0.1, 0.15) is 5.56 Å². The molecule has 2 rings (SSSR count). The molecule has 15 heavy (non-hydrogen) atoms. The van der Waals surface area contributed by atoms with E-state index in [2.05, 4.69) is 10.3 Å². The first-order chi connectivity index (χ1) is 7.22. The zero-order valence-electron chi connectivity index (χ0n) is 8.82. The van der Waals surface area contributed by atoms with Gasteiger partial charge in [-0.2, -0.15) is 0 Å². The molecule has 4 heteroatoms. The van der Waals surface area contributed by atoms with Crippen LogP contribution in [0.15, 0.2) is 29.3 Å². The van der Waals surface area contributed by atoms with Gasteiger partial charge in [-0.25, -0.2) is 4.98 Å². The van der Waals surface area contributed by atoms with E-state index in [9.17, 15) is 4.79 Å². The molecule has 0 saturated heterocycles. The summed E-state index contributed by atoms with van der Waals surface area (Å²) in [5, 5.41) is 3.59. The zero-order valence-corrected chi connectivity index (χ0v) is 8.82. The molecule has 0 fully saturated rings. The molecule has 0 radical (unpaired) electrons.